The fraction of sp³-hybridized carbons (Fsp3) is 0.261. The van der Waals surface area contributed by atoms with Crippen molar-refractivity contribution in [3.05, 3.63) is 80.8 Å². The SMILES string of the molecule is CC[C@@H]1Cc2ccc(OCc3c(Cl)cccc3Cl)nc2N(S(=O)(=O)c2cccc(Cl)c2)C1. The molecule has 0 bridgehead atoms. The van der Waals surface area contributed by atoms with E-state index >= 15 is 0 Å². The highest BCUT2D eigenvalue weighted by Gasteiger charge is 2.34. The zero-order valence-electron chi connectivity index (χ0n) is 17.3. The van der Waals surface area contributed by atoms with Gasteiger partial charge in [0.25, 0.3) is 10.0 Å². The van der Waals surface area contributed by atoms with E-state index in [-0.39, 0.29) is 17.4 Å². The number of anilines is 1. The first-order valence-electron chi connectivity index (χ1n) is 10.1. The van der Waals surface area contributed by atoms with E-state index in [0.29, 0.717) is 38.9 Å². The molecule has 4 rings (SSSR count). The van der Waals surface area contributed by atoms with Crippen LogP contribution in [0.3, 0.4) is 0 Å². The minimum Gasteiger partial charge on any atom is -0.473 e. The van der Waals surface area contributed by atoms with Crippen LogP contribution in [0.5, 0.6) is 5.88 Å². The van der Waals surface area contributed by atoms with Gasteiger partial charge in [-0.2, -0.15) is 4.98 Å². The van der Waals surface area contributed by atoms with Gasteiger partial charge in [0.15, 0.2) is 0 Å². The number of pyridine rings is 1. The van der Waals surface area contributed by atoms with Crippen molar-refractivity contribution < 1.29 is 13.2 Å². The van der Waals surface area contributed by atoms with Gasteiger partial charge >= 0.3 is 0 Å². The van der Waals surface area contributed by atoms with Crippen LogP contribution in [-0.2, 0) is 23.1 Å². The molecule has 0 saturated carbocycles. The Hall–Kier alpha value is -1.99. The van der Waals surface area contributed by atoms with Gasteiger partial charge in [0.2, 0.25) is 5.88 Å². The number of nitrogens with zero attached hydrogens (tertiary/aromatic N) is 2. The van der Waals surface area contributed by atoms with Crippen molar-refractivity contribution in [2.45, 2.75) is 31.3 Å². The zero-order chi connectivity index (χ0) is 22.9. The highest BCUT2D eigenvalue weighted by molar-refractivity contribution is 7.92. The van der Waals surface area contributed by atoms with Gasteiger partial charge in [0.1, 0.15) is 12.4 Å². The van der Waals surface area contributed by atoms with Gasteiger partial charge in [0, 0.05) is 33.2 Å². The maximum atomic E-state index is 13.5. The van der Waals surface area contributed by atoms with Crippen molar-refractivity contribution in [2.75, 3.05) is 10.8 Å². The number of ether oxygens (including phenoxy) is 1. The summed E-state index contributed by atoms with van der Waals surface area (Å²) in [6.45, 7) is 2.51. The first kappa shape index (κ1) is 23.2. The number of fused-ring (bicyclic) bond motifs is 1. The van der Waals surface area contributed by atoms with Crippen LogP contribution in [0, 0.1) is 5.92 Å². The number of halogens is 3. The second-order valence-corrected chi connectivity index (χ2v) is 10.7. The highest BCUT2D eigenvalue weighted by Crippen LogP contribution is 2.36. The normalized spacial score (nSPS) is 16.0. The lowest BCUT2D eigenvalue weighted by atomic mass is 9.94. The highest BCUT2D eigenvalue weighted by atomic mass is 35.5. The third-order valence-electron chi connectivity index (χ3n) is 5.49. The van der Waals surface area contributed by atoms with Gasteiger partial charge < -0.3 is 4.74 Å². The van der Waals surface area contributed by atoms with E-state index in [0.717, 1.165) is 18.4 Å². The van der Waals surface area contributed by atoms with E-state index in [2.05, 4.69) is 11.9 Å². The van der Waals surface area contributed by atoms with Crippen molar-refractivity contribution >= 4 is 50.6 Å². The molecule has 0 unspecified atom stereocenters. The van der Waals surface area contributed by atoms with Crippen LogP contribution < -0.4 is 9.04 Å². The molecule has 32 heavy (non-hydrogen) atoms. The second-order valence-electron chi connectivity index (χ2n) is 7.59. The quantitative estimate of drug-likeness (QED) is 0.384. The predicted molar refractivity (Wildman–Crippen MR) is 128 cm³/mol. The molecule has 3 aromatic rings. The van der Waals surface area contributed by atoms with Crippen molar-refractivity contribution in [3.63, 3.8) is 0 Å². The van der Waals surface area contributed by atoms with Crippen LogP contribution in [0.2, 0.25) is 15.1 Å². The molecule has 168 valence electrons. The van der Waals surface area contributed by atoms with E-state index in [9.17, 15) is 8.42 Å². The maximum Gasteiger partial charge on any atom is 0.265 e. The van der Waals surface area contributed by atoms with Crippen LogP contribution in [0.4, 0.5) is 5.82 Å². The van der Waals surface area contributed by atoms with Crippen LogP contribution in [0.15, 0.2) is 59.5 Å². The van der Waals surface area contributed by atoms with E-state index in [1.165, 1.54) is 16.4 Å². The average molecular weight is 512 g/mol. The summed E-state index contributed by atoms with van der Waals surface area (Å²) in [7, 11) is -3.85. The van der Waals surface area contributed by atoms with Gasteiger partial charge in [-0.3, -0.25) is 0 Å². The molecule has 1 aliphatic heterocycles. The molecular formula is C23H21Cl3N2O3S. The Morgan fingerprint density at radius 2 is 1.78 bits per heavy atom. The Kier molecular flexibility index (Phi) is 6.86. The topological polar surface area (TPSA) is 59.5 Å². The second kappa shape index (κ2) is 9.48. The fourth-order valence-electron chi connectivity index (χ4n) is 3.67. The molecule has 2 aromatic carbocycles. The maximum absolute atomic E-state index is 13.5. The standard InChI is InChI=1S/C23H21Cl3N2O3S/c1-2-15-11-16-9-10-22(31-14-19-20(25)7-4-8-21(19)26)27-23(16)28(13-15)32(29,30)18-6-3-5-17(24)12-18/h3-10,12,15H,2,11,13-14H2,1H3/t15-/m1/s1. The minimum atomic E-state index is -3.85. The first-order valence-corrected chi connectivity index (χ1v) is 12.7. The summed E-state index contributed by atoms with van der Waals surface area (Å²) in [5.74, 6) is 0.852. The summed E-state index contributed by atoms with van der Waals surface area (Å²) < 4.78 is 34.2. The summed E-state index contributed by atoms with van der Waals surface area (Å²) in [4.78, 5) is 4.69. The molecule has 0 spiro atoms. The fourth-order valence-corrected chi connectivity index (χ4v) is 6.00. The lowest BCUT2D eigenvalue weighted by Crippen LogP contribution is -2.40. The van der Waals surface area contributed by atoms with Gasteiger partial charge in [-0.25, -0.2) is 12.7 Å². The van der Waals surface area contributed by atoms with Gasteiger partial charge in [-0.1, -0.05) is 60.3 Å². The van der Waals surface area contributed by atoms with Crippen LogP contribution in [0.25, 0.3) is 0 Å². The van der Waals surface area contributed by atoms with Gasteiger partial charge in [-0.05, 0) is 54.3 Å². The molecule has 1 aliphatic rings. The molecule has 0 radical (unpaired) electrons. The number of rotatable bonds is 6. The lowest BCUT2D eigenvalue weighted by Gasteiger charge is -2.34. The smallest absolute Gasteiger partial charge is 0.265 e. The lowest BCUT2D eigenvalue weighted by molar-refractivity contribution is 0.293. The summed E-state index contributed by atoms with van der Waals surface area (Å²) in [6, 6.07) is 15.1. The van der Waals surface area contributed by atoms with Gasteiger partial charge in [0.05, 0.1) is 4.90 Å². The number of hydrogen-bond donors (Lipinski definition) is 0. The molecule has 0 N–H and O–H groups in total. The molecule has 0 saturated heterocycles. The molecular weight excluding hydrogens is 491 g/mol. The summed E-state index contributed by atoms with van der Waals surface area (Å²) in [6.07, 6.45) is 1.60. The van der Waals surface area contributed by atoms with Crippen molar-refractivity contribution in [3.8, 4) is 5.88 Å². The molecule has 0 aliphatic carbocycles. The Labute approximate surface area is 202 Å². The summed E-state index contributed by atoms with van der Waals surface area (Å²) in [5, 5.41) is 1.34. The van der Waals surface area contributed by atoms with Crippen molar-refractivity contribution in [2.24, 2.45) is 5.92 Å². The van der Waals surface area contributed by atoms with Crippen LogP contribution in [-0.4, -0.2) is 19.9 Å². The molecule has 0 fully saturated rings. The van der Waals surface area contributed by atoms with Crippen molar-refractivity contribution in [1.29, 1.82) is 0 Å². The molecule has 9 heteroatoms. The van der Waals surface area contributed by atoms with Crippen molar-refractivity contribution in [1.82, 2.24) is 4.98 Å². The monoisotopic (exact) mass is 510 g/mol. The summed E-state index contributed by atoms with van der Waals surface area (Å²) >= 11 is 18.5. The number of sulfonamides is 1. The average Bonchev–Trinajstić information content (AvgIpc) is 2.78. The Balaban J connectivity index is 1.69. The van der Waals surface area contributed by atoms with E-state index in [1.54, 1.807) is 36.4 Å². The third kappa shape index (κ3) is 4.69. The van der Waals surface area contributed by atoms with E-state index in [1.807, 2.05) is 6.07 Å². The first-order chi connectivity index (χ1) is 15.3. The van der Waals surface area contributed by atoms with Crippen LogP contribution >= 0.6 is 34.8 Å². The Morgan fingerprint density at radius 3 is 2.47 bits per heavy atom. The molecule has 5 nitrogen and oxygen atoms in total. The molecule has 1 aromatic heterocycles. The van der Waals surface area contributed by atoms with Gasteiger partial charge in [-0.15, -0.1) is 0 Å². The Bertz CT molecular complexity index is 1230. The predicted octanol–water partition coefficient (Wildman–Crippen LogP) is 6.40. The van der Waals surface area contributed by atoms with Crippen LogP contribution in [0.1, 0.15) is 24.5 Å². The largest absolute Gasteiger partial charge is 0.473 e. The Morgan fingerprint density at radius 1 is 1.06 bits per heavy atom. The molecule has 1 atom stereocenters. The third-order valence-corrected chi connectivity index (χ3v) is 8.18. The number of aromatic nitrogens is 1. The molecule has 2 heterocycles. The number of benzene rings is 2. The molecule has 0 amide bonds. The zero-order valence-corrected chi connectivity index (χ0v) is 20.3. The number of hydrogen-bond acceptors (Lipinski definition) is 4. The summed E-state index contributed by atoms with van der Waals surface area (Å²) in [5.41, 5.74) is 1.50. The van der Waals surface area contributed by atoms with E-state index in [4.69, 9.17) is 39.5 Å². The minimum absolute atomic E-state index is 0.114. The van der Waals surface area contributed by atoms with E-state index < -0.39 is 10.0 Å².